The van der Waals surface area contributed by atoms with Crippen molar-refractivity contribution < 1.29 is 0 Å². The molecular formula is C18H24N2. The second kappa shape index (κ2) is 6.99. The van der Waals surface area contributed by atoms with Gasteiger partial charge in [-0.3, -0.25) is 0 Å². The topological polar surface area (TPSA) is 52.0 Å². The molecule has 20 heavy (non-hydrogen) atoms. The molecule has 0 aliphatic heterocycles. The van der Waals surface area contributed by atoms with E-state index in [1.807, 2.05) is 18.2 Å². The van der Waals surface area contributed by atoms with E-state index in [0.717, 1.165) is 29.8 Å². The molecule has 106 valence electrons. The van der Waals surface area contributed by atoms with E-state index in [4.69, 9.17) is 11.5 Å². The van der Waals surface area contributed by atoms with Crippen LogP contribution >= 0.6 is 0 Å². The number of rotatable bonds is 5. The Bertz CT molecular complexity index is 551. The summed E-state index contributed by atoms with van der Waals surface area (Å²) in [7, 11) is 0. The van der Waals surface area contributed by atoms with Crippen LogP contribution in [0.1, 0.15) is 44.6 Å². The largest absolute Gasteiger partial charge is 0.399 e. The highest BCUT2D eigenvalue weighted by Crippen LogP contribution is 2.24. The maximum atomic E-state index is 6.00. The first-order chi connectivity index (χ1) is 9.66. The van der Waals surface area contributed by atoms with Crippen molar-refractivity contribution in [2.24, 2.45) is 0 Å². The standard InChI is InChI=1S/C18H24N2/c1-14(17-13-16(19)11-12-18(17)20)7-5-6-10-15-8-3-2-4-9-15/h3,7-9,11-13H,2,4-6,10,19-20H2,1H3/b14-7+. The molecule has 0 fully saturated rings. The van der Waals surface area contributed by atoms with Gasteiger partial charge in [0.05, 0.1) is 0 Å². The minimum Gasteiger partial charge on any atom is -0.399 e. The zero-order valence-electron chi connectivity index (χ0n) is 12.2. The molecule has 0 saturated heterocycles. The van der Waals surface area contributed by atoms with Gasteiger partial charge >= 0.3 is 0 Å². The predicted octanol–water partition coefficient (Wildman–Crippen LogP) is 4.70. The summed E-state index contributed by atoms with van der Waals surface area (Å²) >= 11 is 0. The molecular weight excluding hydrogens is 244 g/mol. The molecule has 4 N–H and O–H groups in total. The number of hydrogen-bond acceptors (Lipinski definition) is 2. The van der Waals surface area contributed by atoms with Gasteiger partial charge in [-0.2, -0.15) is 0 Å². The zero-order chi connectivity index (χ0) is 14.4. The molecule has 0 heterocycles. The van der Waals surface area contributed by atoms with E-state index in [1.165, 1.54) is 30.4 Å². The molecule has 2 heteroatoms. The molecule has 1 aromatic carbocycles. The van der Waals surface area contributed by atoms with Gasteiger partial charge < -0.3 is 11.5 Å². The van der Waals surface area contributed by atoms with Crippen molar-refractivity contribution in [3.05, 3.63) is 53.6 Å². The summed E-state index contributed by atoms with van der Waals surface area (Å²) in [4.78, 5) is 0. The van der Waals surface area contributed by atoms with Crippen LogP contribution in [0.3, 0.4) is 0 Å². The maximum absolute atomic E-state index is 6.00. The molecule has 0 spiro atoms. The smallest absolute Gasteiger partial charge is 0.0391 e. The number of unbranched alkanes of at least 4 members (excludes halogenated alkanes) is 1. The molecule has 0 bridgehead atoms. The highest BCUT2D eigenvalue weighted by Gasteiger charge is 2.02. The van der Waals surface area contributed by atoms with E-state index in [2.05, 4.69) is 31.2 Å². The average molecular weight is 268 g/mol. The Kier molecular flexibility index (Phi) is 5.05. The third-order valence-electron chi connectivity index (χ3n) is 3.69. The lowest BCUT2D eigenvalue weighted by Gasteiger charge is -2.08. The Balaban J connectivity index is 1.89. The highest BCUT2D eigenvalue weighted by molar-refractivity contribution is 5.76. The van der Waals surface area contributed by atoms with Gasteiger partial charge in [-0.1, -0.05) is 29.9 Å². The normalized spacial score (nSPS) is 15.2. The van der Waals surface area contributed by atoms with E-state index in [0.29, 0.717) is 0 Å². The fourth-order valence-corrected chi connectivity index (χ4v) is 2.50. The molecule has 1 aromatic rings. The quantitative estimate of drug-likeness (QED) is 0.600. The summed E-state index contributed by atoms with van der Waals surface area (Å²) in [5, 5.41) is 0. The third kappa shape index (κ3) is 4.02. The van der Waals surface area contributed by atoms with Crippen molar-refractivity contribution in [3.8, 4) is 0 Å². The minimum absolute atomic E-state index is 0.763. The van der Waals surface area contributed by atoms with E-state index in [1.54, 1.807) is 0 Å². The van der Waals surface area contributed by atoms with Gasteiger partial charge in [-0.25, -0.2) is 0 Å². The number of hydrogen-bond donors (Lipinski definition) is 2. The van der Waals surface area contributed by atoms with E-state index in [-0.39, 0.29) is 0 Å². The Labute approximate surface area is 121 Å². The summed E-state index contributed by atoms with van der Waals surface area (Å²) < 4.78 is 0. The molecule has 0 radical (unpaired) electrons. The van der Waals surface area contributed by atoms with Crippen LogP contribution in [0.2, 0.25) is 0 Å². The number of nitrogens with two attached hydrogens (primary N) is 2. The number of benzene rings is 1. The van der Waals surface area contributed by atoms with Gasteiger partial charge in [-0.05, 0) is 62.8 Å². The van der Waals surface area contributed by atoms with E-state index in [9.17, 15) is 0 Å². The van der Waals surface area contributed by atoms with Gasteiger partial charge in [0.2, 0.25) is 0 Å². The third-order valence-corrected chi connectivity index (χ3v) is 3.69. The van der Waals surface area contributed by atoms with Crippen LogP contribution < -0.4 is 11.5 Å². The molecule has 1 aliphatic rings. The second-order valence-corrected chi connectivity index (χ2v) is 5.38. The van der Waals surface area contributed by atoms with Gasteiger partial charge in [0.1, 0.15) is 0 Å². The van der Waals surface area contributed by atoms with E-state index >= 15 is 0 Å². The highest BCUT2D eigenvalue weighted by atomic mass is 14.6. The van der Waals surface area contributed by atoms with Gasteiger partial charge in [-0.15, -0.1) is 0 Å². The Morgan fingerprint density at radius 1 is 1.25 bits per heavy atom. The fraction of sp³-hybridized carbons (Fsp3) is 0.333. The summed E-state index contributed by atoms with van der Waals surface area (Å²) in [6.45, 7) is 2.10. The molecule has 2 nitrogen and oxygen atoms in total. The molecule has 0 atom stereocenters. The van der Waals surface area contributed by atoms with E-state index < -0.39 is 0 Å². The van der Waals surface area contributed by atoms with Crippen molar-refractivity contribution in [2.75, 3.05) is 11.5 Å². The van der Waals surface area contributed by atoms with Crippen LogP contribution in [0.25, 0.3) is 5.57 Å². The summed E-state index contributed by atoms with van der Waals surface area (Å²) in [6.07, 6.45) is 14.9. The fourth-order valence-electron chi connectivity index (χ4n) is 2.50. The summed E-state index contributed by atoms with van der Waals surface area (Å²) in [5.41, 5.74) is 17.1. The zero-order valence-corrected chi connectivity index (χ0v) is 12.2. The van der Waals surface area contributed by atoms with Gasteiger partial charge in [0.15, 0.2) is 0 Å². The van der Waals surface area contributed by atoms with Crippen molar-refractivity contribution in [1.82, 2.24) is 0 Å². The first-order valence-corrected chi connectivity index (χ1v) is 7.34. The molecule has 0 aromatic heterocycles. The first-order valence-electron chi connectivity index (χ1n) is 7.34. The first kappa shape index (κ1) is 14.4. The molecule has 2 rings (SSSR count). The maximum Gasteiger partial charge on any atom is 0.0391 e. The monoisotopic (exact) mass is 268 g/mol. The Morgan fingerprint density at radius 3 is 2.85 bits per heavy atom. The Hall–Kier alpha value is -1.96. The van der Waals surface area contributed by atoms with Crippen LogP contribution in [-0.2, 0) is 0 Å². The van der Waals surface area contributed by atoms with Crippen LogP contribution in [0.15, 0.2) is 48.1 Å². The number of allylic oxidation sites excluding steroid dienone is 6. The summed E-state index contributed by atoms with van der Waals surface area (Å²) in [6, 6.07) is 5.67. The molecule has 0 amide bonds. The molecule has 1 aliphatic carbocycles. The number of anilines is 2. The van der Waals surface area contributed by atoms with Crippen LogP contribution in [0.4, 0.5) is 11.4 Å². The number of nitrogen functional groups attached to an aromatic ring is 2. The minimum atomic E-state index is 0.763. The van der Waals surface area contributed by atoms with Gasteiger partial charge in [0.25, 0.3) is 0 Å². The van der Waals surface area contributed by atoms with Crippen molar-refractivity contribution in [3.63, 3.8) is 0 Å². The Morgan fingerprint density at radius 2 is 2.10 bits per heavy atom. The second-order valence-electron chi connectivity index (χ2n) is 5.38. The average Bonchev–Trinajstić information content (AvgIpc) is 2.47. The lowest BCUT2D eigenvalue weighted by molar-refractivity contribution is 0.832. The SMILES string of the molecule is C/C(=C\CCCC1=CCCC=C1)c1cc(N)ccc1N. The molecule has 0 unspecified atom stereocenters. The van der Waals surface area contributed by atoms with Crippen molar-refractivity contribution in [1.29, 1.82) is 0 Å². The lowest BCUT2D eigenvalue weighted by atomic mass is 9.99. The summed E-state index contributed by atoms with van der Waals surface area (Å²) in [5.74, 6) is 0. The predicted molar refractivity (Wildman–Crippen MR) is 89.2 cm³/mol. The van der Waals surface area contributed by atoms with Gasteiger partial charge in [0, 0.05) is 16.9 Å². The lowest BCUT2D eigenvalue weighted by Crippen LogP contribution is -1.94. The van der Waals surface area contributed by atoms with Crippen molar-refractivity contribution >= 4 is 16.9 Å². The molecule has 0 saturated carbocycles. The van der Waals surface area contributed by atoms with Crippen LogP contribution in [0, 0.1) is 0 Å². The van der Waals surface area contributed by atoms with Crippen LogP contribution in [0.5, 0.6) is 0 Å². The van der Waals surface area contributed by atoms with Crippen molar-refractivity contribution in [2.45, 2.75) is 39.0 Å². The van der Waals surface area contributed by atoms with Crippen LogP contribution in [-0.4, -0.2) is 0 Å².